The quantitative estimate of drug-likeness (QED) is 0.0367. The lowest BCUT2D eigenvalue weighted by molar-refractivity contribution is -0.146. The molecule has 0 aliphatic rings. The summed E-state index contributed by atoms with van der Waals surface area (Å²) < 4.78 is 21.1. The number of hydrogen-bond acceptors (Lipinski definition) is 8. The fourth-order valence-electron chi connectivity index (χ4n) is 4.63. The molecule has 0 aromatic carbocycles. The monoisotopic (exact) mass is 597 g/mol. The topological polar surface area (TPSA) is 91.4 Å². The first-order chi connectivity index (χ1) is 20.5. The summed E-state index contributed by atoms with van der Waals surface area (Å²) >= 11 is 0. The highest BCUT2D eigenvalue weighted by atomic mass is 16.7. The zero-order valence-electron chi connectivity index (χ0n) is 27.5. The van der Waals surface area contributed by atoms with Crippen molar-refractivity contribution in [3.8, 4) is 0 Å². The zero-order valence-corrected chi connectivity index (χ0v) is 27.5. The first-order valence-electron chi connectivity index (χ1n) is 16.9. The SMILES string of the molecule is CCCCCC/C=C\COC(=O)CCCCCCCCCC(=O)OCC(CCC)COC(=O)OCCCN(CC)CC. The molecule has 0 fully saturated rings. The Hall–Kier alpha value is -2.09. The van der Waals surface area contributed by atoms with Gasteiger partial charge in [0, 0.05) is 25.3 Å². The number of allylic oxidation sites excluding steroid dienone is 1. The standard InChI is InChI=1S/C34H63NO7/c1-5-9-10-11-15-18-21-27-39-32(36)24-19-16-13-12-14-17-20-25-33(37)41-29-31(23-6-2)30-42-34(38)40-28-22-26-35(7-3)8-4/h18,21,31H,5-17,19-20,22-30H2,1-4H3/b21-18-. The van der Waals surface area contributed by atoms with E-state index in [1.807, 2.05) is 6.08 Å². The van der Waals surface area contributed by atoms with E-state index < -0.39 is 6.16 Å². The van der Waals surface area contributed by atoms with Gasteiger partial charge in [-0.3, -0.25) is 9.59 Å². The molecule has 0 aliphatic carbocycles. The van der Waals surface area contributed by atoms with Crippen LogP contribution in [0.25, 0.3) is 0 Å². The Balaban J connectivity index is 3.73. The molecule has 0 N–H and O–H groups in total. The lowest BCUT2D eigenvalue weighted by atomic mass is 10.1. The number of ether oxygens (including phenoxy) is 4. The minimum Gasteiger partial charge on any atom is -0.465 e. The predicted octanol–water partition coefficient (Wildman–Crippen LogP) is 8.41. The van der Waals surface area contributed by atoms with Crippen molar-refractivity contribution in [3.05, 3.63) is 12.2 Å². The van der Waals surface area contributed by atoms with Gasteiger partial charge in [-0.15, -0.1) is 0 Å². The minimum atomic E-state index is -0.655. The Morgan fingerprint density at radius 3 is 1.83 bits per heavy atom. The highest BCUT2D eigenvalue weighted by Crippen LogP contribution is 2.13. The molecule has 8 nitrogen and oxygen atoms in total. The van der Waals surface area contributed by atoms with Crippen molar-refractivity contribution in [2.75, 3.05) is 46.1 Å². The van der Waals surface area contributed by atoms with Crippen molar-refractivity contribution < 1.29 is 33.3 Å². The Bertz CT molecular complexity index is 679. The van der Waals surface area contributed by atoms with Crippen molar-refractivity contribution in [1.29, 1.82) is 0 Å². The summed E-state index contributed by atoms with van der Waals surface area (Å²) in [7, 11) is 0. The highest BCUT2D eigenvalue weighted by Gasteiger charge is 2.15. The van der Waals surface area contributed by atoms with E-state index in [1.54, 1.807) is 0 Å². The molecule has 0 saturated carbocycles. The van der Waals surface area contributed by atoms with Crippen LogP contribution in [-0.4, -0.2) is 69.1 Å². The van der Waals surface area contributed by atoms with Gasteiger partial charge in [0.1, 0.15) is 13.2 Å². The highest BCUT2D eigenvalue weighted by molar-refractivity contribution is 5.69. The van der Waals surface area contributed by atoms with E-state index in [-0.39, 0.29) is 31.1 Å². The van der Waals surface area contributed by atoms with Gasteiger partial charge in [-0.25, -0.2) is 4.79 Å². The molecule has 0 heterocycles. The summed E-state index contributed by atoms with van der Waals surface area (Å²) in [6.07, 6.45) is 19.8. The van der Waals surface area contributed by atoms with Crippen molar-refractivity contribution in [3.63, 3.8) is 0 Å². The van der Waals surface area contributed by atoms with E-state index in [2.05, 4.69) is 38.7 Å². The lowest BCUT2D eigenvalue weighted by Gasteiger charge is -2.18. The summed E-state index contributed by atoms with van der Waals surface area (Å²) in [5.41, 5.74) is 0. The second-order valence-electron chi connectivity index (χ2n) is 11.1. The summed E-state index contributed by atoms with van der Waals surface area (Å²) in [5, 5.41) is 0. The van der Waals surface area contributed by atoms with Crippen molar-refractivity contribution in [2.24, 2.45) is 5.92 Å². The molecule has 0 radical (unpaired) electrons. The van der Waals surface area contributed by atoms with Crippen LogP contribution in [0.15, 0.2) is 12.2 Å². The molecule has 0 rings (SSSR count). The molecule has 1 atom stereocenters. The molecule has 246 valence electrons. The Morgan fingerprint density at radius 1 is 0.619 bits per heavy atom. The van der Waals surface area contributed by atoms with Crippen LogP contribution in [0, 0.1) is 5.92 Å². The smallest absolute Gasteiger partial charge is 0.465 e. The van der Waals surface area contributed by atoms with Gasteiger partial charge in [-0.05, 0) is 51.6 Å². The number of esters is 2. The Labute approximate surface area is 257 Å². The summed E-state index contributed by atoms with van der Waals surface area (Å²) in [4.78, 5) is 38.1. The third-order valence-electron chi connectivity index (χ3n) is 7.34. The van der Waals surface area contributed by atoms with Gasteiger partial charge in [-0.2, -0.15) is 0 Å². The van der Waals surface area contributed by atoms with E-state index in [9.17, 15) is 14.4 Å². The van der Waals surface area contributed by atoms with Gasteiger partial charge in [0.25, 0.3) is 0 Å². The lowest BCUT2D eigenvalue weighted by Crippen LogP contribution is -2.25. The number of rotatable bonds is 29. The zero-order chi connectivity index (χ0) is 31.1. The number of carbonyl (C=O) groups is 3. The van der Waals surface area contributed by atoms with Gasteiger partial charge < -0.3 is 23.8 Å². The summed E-state index contributed by atoms with van der Waals surface area (Å²) in [6.45, 7) is 12.5. The molecule has 8 heteroatoms. The molecule has 1 unspecified atom stereocenters. The van der Waals surface area contributed by atoms with Crippen LogP contribution in [0.2, 0.25) is 0 Å². The molecule has 0 aromatic heterocycles. The molecule has 0 spiro atoms. The maximum absolute atomic E-state index is 12.2. The van der Waals surface area contributed by atoms with Crippen LogP contribution in [0.4, 0.5) is 4.79 Å². The normalized spacial score (nSPS) is 12.0. The van der Waals surface area contributed by atoms with Crippen LogP contribution in [0.3, 0.4) is 0 Å². The average molecular weight is 598 g/mol. The van der Waals surface area contributed by atoms with E-state index in [1.165, 1.54) is 25.7 Å². The predicted molar refractivity (Wildman–Crippen MR) is 169 cm³/mol. The third kappa shape index (κ3) is 26.8. The number of hydrogen-bond donors (Lipinski definition) is 0. The van der Waals surface area contributed by atoms with Gasteiger partial charge in [-0.1, -0.05) is 97.6 Å². The molecule has 42 heavy (non-hydrogen) atoms. The van der Waals surface area contributed by atoms with Gasteiger partial charge in [0.2, 0.25) is 0 Å². The van der Waals surface area contributed by atoms with Crippen molar-refractivity contribution in [1.82, 2.24) is 4.90 Å². The Kier molecular flexibility index (Phi) is 28.9. The van der Waals surface area contributed by atoms with E-state index in [4.69, 9.17) is 18.9 Å². The van der Waals surface area contributed by atoms with Gasteiger partial charge in [0.05, 0.1) is 13.2 Å². The van der Waals surface area contributed by atoms with Crippen molar-refractivity contribution in [2.45, 2.75) is 137 Å². The second-order valence-corrected chi connectivity index (χ2v) is 11.1. The molecule has 0 bridgehead atoms. The van der Waals surface area contributed by atoms with Crippen LogP contribution >= 0.6 is 0 Å². The van der Waals surface area contributed by atoms with Crippen LogP contribution < -0.4 is 0 Å². The number of nitrogens with zero attached hydrogens (tertiary/aromatic N) is 1. The Morgan fingerprint density at radius 2 is 1.21 bits per heavy atom. The molecule has 0 aromatic rings. The van der Waals surface area contributed by atoms with E-state index >= 15 is 0 Å². The molecule has 0 amide bonds. The van der Waals surface area contributed by atoms with E-state index in [0.29, 0.717) is 26.1 Å². The first kappa shape index (κ1) is 39.9. The molecule has 0 aliphatic heterocycles. The fraction of sp³-hybridized carbons (Fsp3) is 0.853. The summed E-state index contributed by atoms with van der Waals surface area (Å²) in [6, 6.07) is 0. The van der Waals surface area contributed by atoms with Crippen molar-refractivity contribution >= 4 is 18.1 Å². The van der Waals surface area contributed by atoms with Crippen LogP contribution in [-0.2, 0) is 28.5 Å². The van der Waals surface area contributed by atoms with Crippen LogP contribution in [0.1, 0.15) is 137 Å². The maximum atomic E-state index is 12.2. The fourth-order valence-corrected chi connectivity index (χ4v) is 4.63. The van der Waals surface area contributed by atoms with Gasteiger partial charge in [0.15, 0.2) is 0 Å². The third-order valence-corrected chi connectivity index (χ3v) is 7.34. The van der Waals surface area contributed by atoms with Crippen LogP contribution in [0.5, 0.6) is 0 Å². The average Bonchev–Trinajstić information content (AvgIpc) is 2.99. The first-order valence-corrected chi connectivity index (χ1v) is 16.9. The summed E-state index contributed by atoms with van der Waals surface area (Å²) in [5.74, 6) is -0.325. The maximum Gasteiger partial charge on any atom is 0.508 e. The van der Waals surface area contributed by atoms with Gasteiger partial charge >= 0.3 is 18.1 Å². The minimum absolute atomic E-state index is 0.0174. The largest absolute Gasteiger partial charge is 0.508 e. The molecular formula is C34H63NO7. The number of carbonyl (C=O) groups excluding carboxylic acids is 3. The molecule has 0 saturated heterocycles. The number of unbranched alkanes of at least 4 members (excludes halogenated alkanes) is 10. The molecular weight excluding hydrogens is 534 g/mol. The van der Waals surface area contributed by atoms with E-state index in [0.717, 1.165) is 90.3 Å². The second kappa shape index (κ2) is 30.4.